The van der Waals surface area contributed by atoms with Crippen LogP contribution in [0.4, 0.5) is 32.6 Å². The summed E-state index contributed by atoms with van der Waals surface area (Å²) in [4.78, 5) is 53.1. The first-order chi connectivity index (χ1) is 29.9. The molecule has 62 heavy (non-hydrogen) atoms. The second-order valence-electron chi connectivity index (χ2n) is 16.6. The van der Waals surface area contributed by atoms with Gasteiger partial charge in [-0.25, -0.2) is 29.5 Å². The number of ether oxygens (including phenoxy) is 2. The van der Waals surface area contributed by atoms with Crippen molar-refractivity contribution in [1.82, 2.24) is 40.4 Å². The van der Waals surface area contributed by atoms with Crippen LogP contribution < -0.4 is 31.1 Å². The summed E-state index contributed by atoms with van der Waals surface area (Å²) in [6.07, 6.45) is 1.90. The van der Waals surface area contributed by atoms with E-state index in [9.17, 15) is 9.59 Å². The molecule has 2 aromatic heterocycles. The average molecular weight is 849 g/mol. The van der Waals surface area contributed by atoms with Crippen molar-refractivity contribution < 1.29 is 19.1 Å². The topological polar surface area (TPSA) is 165 Å². The van der Waals surface area contributed by atoms with Gasteiger partial charge in [0.1, 0.15) is 11.6 Å². The Morgan fingerprint density at radius 2 is 0.984 bits per heavy atom. The zero-order chi connectivity index (χ0) is 43.9. The van der Waals surface area contributed by atoms with Gasteiger partial charge in [0.05, 0.1) is 49.9 Å². The van der Waals surface area contributed by atoms with Crippen molar-refractivity contribution in [3.63, 3.8) is 0 Å². The summed E-state index contributed by atoms with van der Waals surface area (Å²) in [6, 6.07) is 16.0. The first-order valence-corrected chi connectivity index (χ1v) is 22.2. The maximum atomic E-state index is 11.8. The molecule has 4 amide bonds. The van der Waals surface area contributed by atoms with E-state index in [0.29, 0.717) is 39.5 Å². The number of fused-ring (bicyclic) bond motifs is 2. The molecular weight excluding hydrogens is 785 g/mol. The number of benzene rings is 2. The van der Waals surface area contributed by atoms with E-state index < -0.39 is 0 Å². The SMILES string of the molecule is CCNC(=O)Nc1ccc(-c2nc3c(c(N4CCOC[C@@H]4C)n2)CCN(C)[C@@H]3C)cc1.CCNC(=O)Nc1ccc(-c2nc3c(c(N4CCOC[C@@H]4C)n2)CCN(C)[C@H]3C)cc1. The zero-order valence-corrected chi connectivity index (χ0v) is 37.6. The van der Waals surface area contributed by atoms with Crippen molar-refractivity contribution in [2.24, 2.45) is 0 Å². The van der Waals surface area contributed by atoms with Crippen molar-refractivity contribution in [2.75, 3.05) is 100 Å². The smallest absolute Gasteiger partial charge is 0.319 e. The molecule has 16 heteroatoms. The third-order valence-electron chi connectivity index (χ3n) is 12.3. The van der Waals surface area contributed by atoms with Crippen molar-refractivity contribution >= 4 is 35.1 Å². The molecule has 6 heterocycles. The molecule has 0 bridgehead atoms. The molecule has 2 fully saturated rings. The Kier molecular flexibility index (Phi) is 14.5. The Morgan fingerprint density at radius 1 is 0.597 bits per heavy atom. The Morgan fingerprint density at radius 3 is 1.34 bits per heavy atom. The minimum atomic E-state index is -0.208. The standard InChI is InChI=1S/2C23H32N6O2/c2*1-5-24-23(30)25-18-8-6-17(7-9-18)21-26-20-16(3)28(4)11-10-19(20)22(27-21)29-12-13-31-14-15(29)2/h2*6-9,15-16H,5,10-14H2,1-4H3,(H2,24,25,30)/t15-,16+;15-,16-/m00/s1. The fraction of sp³-hybridized carbons (Fsp3) is 0.522. The van der Waals surface area contributed by atoms with Crippen LogP contribution >= 0.6 is 0 Å². The normalized spacial score (nSPS) is 21.5. The van der Waals surface area contributed by atoms with E-state index in [0.717, 1.165) is 96.2 Å². The molecule has 4 aliphatic rings. The molecule has 332 valence electrons. The third kappa shape index (κ3) is 10.1. The highest BCUT2D eigenvalue weighted by atomic mass is 16.5. The van der Waals surface area contributed by atoms with Gasteiger partial charge in [-0.2, -0.15) is 0 Å². The molecule has 0 radical (unpaired) electrons. The number of carbonyl (C=O) groups excluding carboxylic acids is 2. The third-order valence-corrected chi connectivity index (χ3v) is 12.3. The second-order valence-corrected chi connectivity index (χ2v) is 16.6. The molecule has 4 N–H and O–H groups in total. The van der Waals surface area contributed by atoms with Crippen LogP contribution in [-0.2, 0) is 22.3 Å². The van der Waals surface area contributed by atoms with Crippen LogP contribution in [-0.4, -0.2) is 134 Å². The summed E-state index contributed by atoms with van der Waals surface area (Å²) >= 11 is 0. The van der Waals surface area contributed by atoms with Gasteiger partial charge in [0.15, 0.2) is 11.6 Å². The van der Waals surface area contributed by atoms with Crippen LogP contribution in [0.5, 0.6) is 0 Å². The van der Waals surface area contributed by atoms with E-state index in [1.54, 1.807) is 0 Å². The lowest BCUT2D eigenvalue weighted by Gasteiger charge is -2.39. The number of likely N-dealkylation sites (N-methyl/N-ethyl adjacent to an activating group) is 2. The highest BCUT2D eigenvalue weighted by Crippen LogP contribution is 2.37. The first-order valence-electron chi connectivity index (χ1n) is 22.2. The number of amides is 4. The Balaban J connectivity index is 0.000000186. The van der Waals surface area contributed by atoms with Gasteiger partial charge in [0, 0.05) is 85.0 Å². The lowest BCUT2D eigenvalue weighted by molar-refractivity contribution is 0.0982. The summed E-state index contributed by atoms with van der Waals surface area (Å²) in [5, 5.41) is 11.1. The van der Waals surface area contributed by atoms with Gasteiger partial charge in [-0.05, 0) is 117 Å². The summed E-state index contributed by atoms with van der Waals surface area (Å²) in [7, 11) is 4.29. The van der Waals surface area contributed by atoms with Crippen molar-refractivity contribution in [2.45, 2.75) is 78.6 Å². The molecule has 2 saturated heterocycles. The minimum absolute atomic E-state index is 0.208. The van der Waals surface area contributed by atoms with E-state index in [2.05, 4.69) is 82.7 Å². The minimum Gasteiger partial charge on any atom is -0.377 e. The lowest BCUT2D eigenvalue weighted by Crippen LogP contribution is -2.45. The van der Waals surface area contributed by atoms with Gasteiger partial charge < -0.3 is 40.5 Å². The van der Waals surface area contributed by atoms with Crippen molar-refractivity contribution in [3.8, 4) is 22.8 Å². The van der Waals surface area contributed by atoms with Crippen LogP contribution in [0.15, 0.2) is 48.5 Å². The Labute approximate surface area is 366 Å². The molecule has 0 aliphatic carbocycles. The number of morpholine rings is 2. The van der Waals surface area contributed by atoms with Crippen molar-refractivity contribution in [1.29, 1.82) is 0 Å². The number of anilines is 4. The van der Waals surface area contributed by atoms with Crippen LogP contribution in [0.25, 0.3) is 22.8 Å². The second kappa shape index (κ2) is 20.2. The van der Waals surface area contributed by atoms with Crippen LogP contribution in [0.2, 0.25) is 0 Å². The predicted octanol–water partition coefficient (Wildman–Crippen LogP) is 6.12. The van der Waals surface area contributed by atoms with Gasteiger partial charge in [-0.3, -0.25) is 9.80 Å². The summed E-state index contributed by atoms with van der Waals surface area (Å²) in [5.41, 5.74) is 8.09. The van der Waals surface area contributed by atoms with Gasteiger partial charge in [0.25, 0.3) is 0 Å². The predicted molar refractivity (Wildman–Crippen MR) is 245 cm³/mol. The Hall–Kier alpha value is -5.42. The number of urea groups is 2. The van der Waals surface area contributed by atoms with E-state index in [1.807, 2.05) is 62.4 Å². The number of rotatable bonds is 8. The maximum absolute atomic E-state index is 11.8. The summed E-state index contributed by atoms with van der Waals surface area (Å²) in [5.74, 6) is 3.53. The molecule has 0 spiro atoms. The fourth-order valence-electron chi connectivity index (χ4n) is 8.42. The largest absolute Gasteiger partial charge is 0.377 e. The van der Waals surface area contributed by atoms with Crippen LogP contribution in [0, 0.1) is 0 Å². The number of aromatic nitrogens is 4. The van der Waals surface area contributed by atoms with Gasteiger partial charge >= 0.3 is 12.1 Å². The molecule has 4 aliphatic heterocycles. The monoisotopic (exact) mass is 849 g/mol. The summed E-state index contributed by atoms with van der Waals surface area (Å²) < 4.78 is 11.3. The van der Waals surface area contributed by atoms with Gasteiger partial charge in [-0.15, -0.1) is 0 Å². The number of nitrogens with zero attached hydrogens (tertiary/aromatic N) is 8. The quantitative estimate of drug-likeness (QED) is 0.161. The Bertz CT molecular complexity index is 2020. The lowest BCUT2D eigenvalue weighted by atomic mass is 9.98. The average Bonchev–Trinajstić information content (AvgIpc) is 3.27. The first kappa shape index (κ1) is 44.6. The highest BCUT2D eigenvalue weighted by molar-refractivity contribution is 5.90. The molecule has 8 rings (SSSR count). The van der Waals surface area contributed by atoms with Gasteiger partial charge in [0.2, 0.25) is 0 Å². The molecule has 0 saturated carbocycles. The van der Waals surface area contributed by atoms with Crippen molar-refractivity contribution in [3.05, 3.63) is 71.0 Å². The number of hydrogen-bond donors (Lipinski definition) is 4. The molecule has 4 aromatic rings. The van der Waals surface area contributed by atoms with Gasteiger partial charge in [-0.1, -0.05) is 0 Å². The van der Waals surface area contributed by atoms with E-state index >= 15 is 0 Å². The van der Waals surface area contributed by atoms with E-state index in [1.165, 1.54) is 11.1 Å². The molecule has 4 atom stereocenters. The molecule has 16 nitrogen and oxygen atoms in total. The molecular formula is C46H64N12O4. The highest BCUT2D eigenvalue weighted by Gasteiger charge is 2.33. The molecule has 2 aromatic carbocycles. The number of nitrogens with one attached hydrogen (secondary N) is 4. The van der Waals surface area contributed by atoms with Crippen LogP contribution in [0.1, 0.15) is 76.1 Å². The fourth-order valence-corrected chi connectivity index (χ4v) is 8.42. The molecule has 0 unspecified atom stereocenters. The van der Waals surface area contributed by atoms with Crippen LogP contribution in [0.3, 0.4) is 0 Å². The summed E-state index contributed by atoms with van der Waals surface area (Å²) in [6.45, 7) is 20.3. The van der Waals surface area contributed by atoms with E-state index in [-0.39, 0.29) is 36.2 Å². The number of carbonyl (C=O) groups is 2. The zero-order valence-electron chi connectivity index (χ0n) is 37.6. The maximum Gasteiger partial charge on any atom is 0.319 e. The van der Waals surface area contributed by atoms with E-state index in [4.69, 9.17) is 29.4 Å². The number of hydrogen-bond acceptors (Lipinski definition) is 12.